The van der Waals surface area contributed by atoms with Gasteiger partial charge in [0.1, 0.15) is 11.6 Å². The Labute approximate surface area is 143 Å². The maximum atomic E-state index is 12.1. The number of ether oxygens (including phenoxy) is 1. The van der Waals surface area contributed by atoms with E-state index >= 15 is 0 Å². The van der Waals surface area contributed by atoms with E-state index in [-0.39, 0.29) is 24.6 Å². The Morgan fingerprint density at radius 1 is 1.33 bits per heavy atom. The van der Waals surface area contributed by atoms with Crippen molar-refractivity contribution < 1.29 is 14.3 Å². The van der Waals surface area contributed by atoms with Crippen molar-refractivity contribution in [3.8, 4) is 10.6 Å². The first kappa shape index (κ1) is 16.4. The van der Waals surface area contributed by atoms with Crippen molar-refractivity contribution in [2.75, 3.05) is 32.1 Å². The number of nitrogens with one attached hydrogen (secondary N) is 2. The van der Waals surface area contributed by atoms with Crippen molar-refractivity contribution in [3.63, 3.8) is 0 Å². The summed E-state index contributed by atoms with van der Waals surface area (Å²) in [5.41, 5.74) is 1.75. The molecule has 0 atom stereocenters. The molecule has 2 aromatic rings. The molecule has 126 valence electrons. The van der Waals surface area contributed by atoms with Crippen LogP contribution in [0.25, 0.3) is 10.6 Å². The molecule has 0 bridgehead atoms. The molecule has 0 radical (unpaired) electrons. The van der Waals surface area contributed by atoms with E-state index in [1.165, 1.54) is 7.11 Å². The lowest BCUT2D eigenvalue weighted by molar-refractivity contribution is -0.126. The minimum absolute atomic E-state index is 0.00863. The summed E-state index contributed by atoms with van der Waals surface area (Å²) in [4.78, 5) is 29.4. The van der Waals surface area contributed by atoms with Gasteiger partial charge < -0.3 is 20.3 Å². The van der Waals surface area contributed by atoms with E-state index in [4.69, 9.17) is 4.74 Å². The average Bonchev–Trinajstić information content (AvgIpc) is 3.05. The van der Waals surface area contributed by atoms with Crippen molar-refractivity contribution in [1.29, 1.82) is 0 Å². The zero-order valence-electron chi connectivity index (χ0n) is 13.2. The van der Waals surface area contributed by atoms with Crippen LogP contribution in [0, 0.1) is 0 Å². The summed E-state index contributed by atoms with van der Waals surface area (Å²) in [7, 11) is 1.47. The highest BCUT2D eigenvalue weighted by atomic mass is 32.1. The molecular formula is C16H18N4O3S. The number of likely N-dealkylation sites (tertiary alicyclic amines) is 1. The van der Waals surface area contributed by atoms with E-state index in [9.17, 15) is 9.59 Å². The molecule has 3 rings (SSSR count). The summed E-state index contributed by atoms with van der Waals surface area (Å²) < 4.78 is 4.75. The second-order valence-electron chi connectivity index (χ2n) is 5.45. The minimum Gasteiger partial charge on any atom is -0.375 e. The summed E-state index contributed by atoms with van der Waals surface area (Å²) in [6, 6.07) is 7.38. The van der Waals surface area contributed by atoms with E-state index in [0.717, 1.165) is 16.3 Å². The van der Waals surface area contributed by atoms with Gasteiger partial charge >= 0.3 is 6.03 Å². The van der Waals surface area contributed by atoms with Gasteiger partial charge in [-0.25, -0.2) is 9.78 Å². The first-order valence-corrected chi connectivity index (χ1v) is 8.38. The fourth-order valence-electron chi connectivity index (χ4n) is 2.40. The van der Waals surface area contributed by atoms with Crippen LogP contribution in [0.5, 0.6) is 0 Å². The van der Waals surface area contributed by atoms with Crippen LogP contribution in [-0.4, -0.2) is 54.7 Å². The largest absolute Gasteiger partial charge is 0.375 e. The number of thiazole rings is 1. The number of amides is 3. The SMILES string of the molecule is COCC(=O)NC1CN(C(=O)Nc2ccc(-c3nccs3)cc2)C1. The van der Waals surface area contributed by atoms with Crippen molar-refractivity contribution in [1.82, 2.24) is 15.2 Å². The molecule has 1 aliphatic heterocycles. The average molecular weight is 346 g/mol. The fraction of sp³-hybridized carbons (Fsp3) is 0.312. The number of methoxy groups -OCH3 is 1. The number of urea groups is 1. The van der Waals surface area contributed by atoms with Crippen LogP contribution >= 0.6 is 11.3 Å². The van der Waals surface area contributed by atoms with E-state index in [1.54, 1.807) is 22.4 Å². The quantitative estimate of drug-likeness (QED) is 0.864. The maximum absolute atomic E-state index is 12.1. The Balaban J connectivity index is 1.47. The first-order chi connectivity index (χ1) is 11.7. The third-order valence-electron chi connectivity index (χ3n) is 3.62. The molecule has 1 aliphatic rings. The van der Waals surface area contributed by atoms with E-state index < -0.39 is 0 Å². The minimum atomic E-state index is -0.172. The molecule has 1 saturated heterocycles. The second-order valence-corrected chi connectivity index (χ2v) is 6.34. The van der Waals surface area contributed by atoms with E-state index in [1.807, 2.05) is 29.6 Å². The van der Waals surface area contributed by atoms with Crippen LogP contribution in [0.1, 0.15) is 0 Å². The van der Waals surface area contributed by atoms with Gasteiger partial charge in [0.2, 0.25) is 5.91 Å². The van der Waals surface area contributed by atoms with Crippen LogP contribution < -0.4 is 10.6 Å². The Bertz CT molecular complexity index is 697. The Morgan fingerprint density at radius 2 is 2.08 bits per heavy atom. The van der Waals surface area contributed by atoms with Gasteiger partial charge in [0.25, 0.3) is 0 Å². The van der Waals surface area contributed by atoms with Crippen LogP contribution in [0.15, 0.2) is 35.8 Å². The number of carbonyl (C=O) groups is 2. The predicted molar refractivity (Wildman–Crippen MR) is 91.9 cm³/mol. The second kappa shape index (κ2) is 7.41. The van der Waals surface area contributed by atoms with Crippen molar-refractivity contribution >= 4 is 29.0 Å². The molecule has 3 amide bonds. The van der Waals surface area contributed by atoms with Gasteiger partial charge in [-0.15, -0.1) is 11.3 Å². The smallest absolute Gasteiger partial charge is 0.321 e. The van der Waals surface area contributed by atoms with Gasteiger partial charge in [-0.1, -0.05) is 0 Å². The van der Waals surface area contributed by atoms with Crippen LogP contribution in [-0.2, 0) is 9.53 Å². The van der Waals surface area contributed by atoms with Crippen LogP contribution in [0.3, 0.4) is 0 Å². The molecule has 0 unspecified atom stereocenters. The lowest BCUT2D eigenvalue weighted by Gasteiger charge is -2.39. The molecular weight excluding hydrogens is 328 g/mol. The number of hydrogen-bond acceptors (Lipinski definition) is 5. The normalized spacial score (nSPS) is 14.1. The number of carbonyl (C=O) groups excluding carboxylic acids is 2. The molecule has 0 spiro atoms. The van der Waals surface area contributed by atoms with Gasteiger partial charge in [0, 0.05) is 43.0 Å². The summed E-state index contributed by atoms with van der Waals surface area (Å²) in [5.74, 6) is -0.166. The van der Waals surface area contributed by atoms with Gasteiger partial charge in [0.15, 0.2) is 0 Å². The van der Waals surface area contributed by atoms with Crippen LogP contribution in [0.2, 0.25) is 0 Å². The zero-order valence-corrected chi connectivity index (χ0v) is 14.0. The monoisotopic (exact) mass is 346 g/mol. The van der Waals surface area contributed by atoms with E-state index in [0.29, 0.717) is 13.1 Å². The highest BCUT2D eigenvalue weighted by Gasteiger charge is 2.31. The third kappa shape index (κ3) is 3.90. The van der Waals surface area contributed by atoms with E-state index in [2.05, 4.69) is 15.6 Å². The molecule has 0 aliphatic carbocycles. The van der Waals surface area contributed by atoms with Crippen molar-refractivity contribution in [2.24, 2.45) is 0 Å². The molecule has 2 N–H and O–H groups in total. The number of benzene rings is 1. The number of nitrogens with zero attached hydrogens (tertiary/aromatic N) is 2. The standard InChI is InChI=1S/C16H18N4O3S/c1-23-10-14(21)18-13-8-20(9-13)16(22)19-12-4-2-11(3-5-12)15-17-6-7-24-15/h2-7,13H,8-10H2,1H3,(H,18,21)(H,19,22). The molecule has 1 aromatic heterocycles. The number of aromatic nitrogens is 1. The third-order valence-corrected chi connectivity index (χ3v) is 4.45. The molecule has 8 heteroatoms. The van der Waals surface area contributed by atoms with Gasteiger partial charge in [-0.3, -0.25) is 4.79 Å². The van der Waals surface area contributed by atoms with Gasteiger partial charge in [-0.05, 0) is 24.3 Å². The highest BCUT2D eigenvalue weighted by Crippen LogP contribution is 2.23. The van der Waals surface area contributed by atoms with Crippen molar-refractivity contribution in [2.45, 2.75) is 6.04 Å². The predicted octanol–water partition coefficient (Wildman–Crippen LogP) is 1.79. The summed E-state index contributed by atoms with van der Waals surface area (Å²) in [5, 5.41) is 8.52. The Hall–Kier alpha value is -2.45. The molecule has 0 saturated carbocycles. The summed E-state index contributed by atoms with van der Waals surface area (Å²) in [6.45, 7) is 1.03. The summed E-state index contributed by atoms with van der Waals surface area (Å²) >= 11 is 1.57. The van der Waals surface area contributed by atoms with Crippen molar-refractivity contribution in [3.05, 3.63) is 35.8 Å². The lowest BCUT2D eigenvalue weighted by Crippen LogP contribution is -2.62. The number of rotatable bonds is 5. The topological polar surface area (TPSA) is 83.6 Å². The molecule has 24 heavy (non-hydrogen) atoms. The lowest BCUT2D eigenvalue weighted by atomic mass is 10.1. The summed E-state index contributed by atoms with van der Waals surface area (Å²) in [6.07, 6.45) is 1.77. The van der Waals surface area contributed by atoms with Crippen LogP contribution in [0.4, 0.5) is 10.5 Å². The highest BCUT2D eigenvalue weighted by molar-refractivity contribution is 7.13. The number of hydrogen-bond donors (Lipinski definition) is 2. The number of anilines is 1. The molecule has 2 heterocycles. The molecule has 1 aromatic carbocycles. The first-order valence-electron chi connectivity index (χ1n) is 7.50. The molecule has 1 fully saturated rings. The van der Waals surface area contributed by atoms with Gasteiger partial charge in [0.05, 0.1) is 6.04 Å². The maximum Gasteiger partial charge on any atom is 0.321 e. The van der Waals surface area contributed by atoms with Gasteiger partial charge in [-0.2, -0.15) is 0 Å². The molecule has 7 nitrogen and oxygen atoms in total. The Morgan fingerprint density at radius 3 is 2.71 bits per heavy atom. The Kier molecular flexibility index (Phi) is 5.07. The fourth-order valence-corrected chi connectivity index (χ4v) is 3.05. The zero-order chi connectivity index (χ0) is 16.9.